The van der Waals surface area contributed by atoms with Crippen LogP contribution in [0.5, 0.6) is 0 Å². The molecule has 0 bridgehead atoms. The smallest absolute Gasteiger partial charge is 0.224 e. The Labute approximate surface area is 112 Å². The first-order valence-electron chi connectivity index (χ1n) is 5.65. The number of aromatic nitrogens is 2. The Hall–Kier alpha value is -1.81. The van der Waals surface area contributed by atoms with Crippen molar-refractivity contribution < 1.29 is 0 Å². The van der Waals surface area contributed by atoms with Gasteiger partial charge in [-0.15, -0.1) is 0 Å². The summed E-state index contributed by atoms with van der Waals surface area (Å²) < 4.78 is 0. The van der Waals surface area contributed by atoms with Crippen LogP contribution in [0.25, 0.3) is 0 Å². The van der Waals surface area contributed by atoms with Gasteiger partial charge in [-0.3, -0.25) is 0 Å². The number of benzene rings is 1. The molecule has 0 saturated heterocycles. The summed E-state index contributed by atoms with van der Waals surface area (Å²) in [6, 6.07) is 9.70. The molecule has 18 heavy (non-hydrogen) atoms. The van der Waals surface area contributed by atoms with Crippen LogP contribution in [-0.2, 0) is 6.54 Å². The quantitative estimate of drug-likeness (QED) is 0.920. The summed E-state index contributed by atoms with van der Waals surface area (Å²) in [6.45, 7) is 0.775. The van der Waals surface area contributed by atoms with Crippen molar-refractivity contribution in [3.05, 3.63) is 47.1 Å². The predicted octanol–water partition coefficient (Wildman–Crippen LogP) is 2.81. The van der Waals surface area contributed by atoms with Gasteiger partial charge >= 0.3 is 0 Å². The molecule has 1 aromatic carbocycles. The molecule has 0 fully saturated rings. The Kier molecular flexibility index (Phi) is 3.99. The van der Waals surface area contributed by atoms with E-state index < -0.39 is 0 Å². The lowest BCUT2D eigenvalue weighted by atomic mass is 10.2. The Morgan fingerprint density at radius 1 is 1.22 bits per heavy atom. The van der Waals surface area contributed by atoms with E-state index in [1.807, 2.05) is 37.4 Å². The minimum Gasteiger partial charge on any atom is -0.357 e. The zero-order valence-electron chi connectivity index (χ0n) is 10.4. The third-order valence-corrected chi connectivity index (χ3v) is 2.84. The van der Waals surface area contributed by atoms with Crippen molar-refractivity contribution in [2.75, 3.05) is 24.3 Å². The van der Waals surface area contributed by atoms with Crippen LogP contribution in [0, 0.1) is 0 Å². The first kappa shape index (κ1) is 12.6. The molecule has 2 rings (SSSR count). The average Bonchev–Trinajstić information content (AvgIpc) is 2.41. The molecule has 4 nitrogen and oxygen atoms in total. The lowest BCUT2D eigenvalue weighted by Gasteiger charge is -2.18. The molecule has 0 spiro atoms. The van der Waals surface area contributed by atoms with Crippen molar-refractivity contribution >= 4 is 23.4 Å². The van der Waals surface area contributed by atoms with E-state index in [1.54, 1.807) is 13.2 Å². The van der Waals surface area contributed by atoms with Gasteiger partial charge in [0, 0.05) is 31.9 Å². The summed E-state index contributed by atoms with van der Waals surface area (Å²) in [5.41, 5.74) is 1.19. The zero-order chi connectivity index (χ0) is 13.0. The normalized spacial score (nSPS) is 10.2. The fourth-order valence-corrected chi connectivity index (χ4v) is 1.75. The van der Waals surface area contributed by atoms with Gasteiger partial charge in [0.15, 0.2) is 0 Å². The predicted molar refractivity (Wildman–Crippen MR) is 75.1 cm³/mol. The molecule has 0 saturated carbocycles. The molecule has 0 aliphatic carbocycles. The van der Waals surface area contributed by atoms with Crippen molar-refractivity contribution in [1.29, 1.82) is 0 Å². The largest absolute Gasteiger partial charge is 0.357 e. The van der Waals surface area contributed by atoms with Crippen molar-refractivity contribution in [3.8, 4) is 0 Å². The fraction of sp³-hybridized carbons (Fsp3) is 0.231. The van der Waals surface area contributed by atoms with Crippen LogP contribution in [0.2, 0.25) is 5.02 Å². The second-order valence-electron chi connectivity index (χ2n) is 3.97. The Bertz CT molecular complexity index is 513. The molecule has 0 amide bonds. The summed E-state index contributed by atoms with van der Waals surface area (Å²) in [5.74, 6) is 1.50. The average molecular weight is 263 g/mol. The maximum atomic E-state index is 5.86. The van der Waals surface area contributed by atoms with E-state index in [2.05, 4.69) is 20.2 Å². The van der Waals surface area contributed by atoms with Crippen molar-refractivity contribution in [2.24, 2.45) is 0 Å². The standard InChI is InChI=1S/C13H15ClN4/c1-15-13-16-8-7-12(17-13)18(2)9-10-3-5-11(14)6-4-10/h3-8H,9H2,1-2H3,(H,15,16,17). The van der Waals surface area contributed by atoms with E-state index in [1.165, 1.54) is 5.56 Å². The Morgan fingerprint density at radius 2 is 1.94 bits per heavy atom. The van der Waals surface area contributed by atoms with Gasteiger partial charge in [0.1, 0.15) is 5.82 Å². The number of halogens is 1. The first-order valence-corrected chi connectivity index (χ1v) is 6.03. The summed E-state index contributed by atoms with van der Waals surface area (Å²) in [7, 11) is 3.80. The molecule has 94 valence electrons. The van der Waals surface area contributed by atoms with Crippen LogP contribution in [0.4, 0.5) is 11.8 Å². The molecule has 1 aromatic heterocycles. The molecule has 1 N–H and O–H groups in total. The van der Waals surface area contributed by atoms with Crippen molar-refractivity contribution in [2.45, 2.75) is 6.54 Å². The summed E-state index contributed by atoms with van der Waals surface area (Å²) in [5, 5.41) is 3.68. The van der Waals surface area contributed by atoms with Crippen LogP contribution in [0.3, 0.4) is 0 Å². The highest BCUT2D eigenvalue weighted by Crippen LogP contribution is 2.15. The van der Waals surface area contributed by atoms with Crippen molar-refractivity contribution in [3.63, 3.8) is 0 Å². The van der Waals surface area contributed by atoms with E-state index in [4.69, 9.17) is 11.6 Å². The molecule has 1 heterocycles. The fourth-order valence-electron chi connectivity index (χ4n) is 1.63. The van der Waals surface area contributed by atoms with Crippen LogP contribution in [0.1, 0.15) is 5.56 Å². The Balaban J connectivity index is 2.11. The van der Waals surface area contributed by atoms with Gasteiger partial charge in [-0.25, -0.2) is 4.98 Å². The number of anilines is 2. The van der Waals surface area contributed by atoms with Crippen LogP contribution in [0.15, 0.2) is 36.5 Å². The van der Waals surface area contributed by atoms with Crippen LogP contribution < -0.4 is 10.2 Å². The number of nitrogens with one attached hydrogen (secondary N) is 1. The molecule has 5 heteroatoms. The zero-order valence-corrected chi connectivity index (χ0v) is 11.1. The maximum Gasteiger partial charge on any atom is 0.224 e. The minimum atomic E-state index is 0.621. The number of hydrogen-bond donors (Lipinski definition) is 1. The van der Waals surface area contributed by atoms with E-state index in [0.29, 0.717) is 5.95 Å². The second kappa shape index (κ2) is 5.69. The number of rotatable bonds is 4. The van der Waals surface area contributed by atoms with E-state index in [0.717, 1.165) is 17.4 Å². The second-order valence-corrected chi connectivity index (χ2v) is 4.41. The van der Waals surface area contributed by atoms with E-state index in [-0.39, 0.29) is 0 Å². The number of hydrogen-bond acceptors (Lipinski definition) is 4. The summed E-state index contributed by atoms with van der Waals surface area (Å²) >= 11 is 5.86. The van der Waals surface area contributed by atoms with Crippen molar-refractivity contribution in [1.82, 2.24) is 9.97 Å². The monoisotopic (exact) mass is 262 g/mol. The molecule has 0 unspecified atom stereocenters. The van der Waals surface area contributed by atoms with Gasteiger partial charge < -0.3 is 10.2 Å². The third-order valence-electron chi connectivity index (χ3n) is 2.59. The van der Waals surface area contributed by atoms with Gasteiger partial charge in [0.25, 0.3) is 0 Å². The highest BCUT2D eigenvalue weighted by molar-refractivity contribution is 6.30. The molecule has 2 aromatic rings. The summed E-state index contributed by atoms with van der Waals surface area (Å²) in [6.07, 6.45) is 1.74. The minimum absolute atomic E-state index is 0.621. The van der Waals surface area contributed by atoms with Crippen LogP contribution in [-0.4, -0.2) is 24.1 Å². The van der Waals surface area contributed by atoms with E-state index >= 15 is 0 Å². The maximum absolute atomic E-state index is 5.86. The first-order chi connectivity index (χ1) is 8.69. The summed E-state index contributed by atoms with van der Waals surface area (Å²) in [4.78, 5) is 10.5. The molecular weight excluding hydrogens is 248 g/mol. The molecule has 0 aliphatic heterocycles. The van der Waals surface area contributed by atoms with Gasteiger partial charge in [0.2, 0.25) is 5.95 Å². The lowest BCUT2D eigenvalue weighted by molar-refractivity contribution is 0.892. The third kappa shape index (κ3) is 3.11. The van der Waals surface area contributed by atoms with Gasteiger partial charge in [-0.2, -0.15) is 4.98 Å². The Morgan fingerprint density at radius 3 is 2.61 bits per heavy atom. The highest BCUT2D eigenvalue weighted by atomic mass is 35.5. The number of nitrogens with zero attached hydrogens (tertiary/aromatic N) is 3. The van der Waals surface area contributed by atoms with Gasteiger partial charge in [-0.1, -0.05) is 23.7 Å². The van der Waals surface area contributed by atoms with Gasteiger partial charge in [-0.05, 0) is 23.8 Å². The molecule has 0 atom stereocenters. The lowest BCUT2D eigenvalue weighted by Crippen LogP contribution is -2.18. The molecule has 0 aliphatic rings. The molecule has 0 radical (unpaired) electrons. The topological polar surface area (TPSA) is 41.1 Å². The highest BCUT2D eigenvalue weighted by Gasteiger charge is 2.04. The molecular formula is C13H15ClN4. The van der Waals surface area contributed by atoms with Crippen LogP contribution >= 0.6 is 11.6 Å². The SMILES string of the molecule is CNc1nccc(N(C)Cc2ccc(Cl)cc2)n1. The van der Waals surface area contributed by atoms with E-state index in [9.17, 15) is 0 Å². The van der Waals surface area contributed by atoms with Gasteiger partial charge in [0.05, 0.1) is 0 Å².